The van der Waals surface area contributed by atoms with E-state index in [1.807, 2.05) is 67.6 Å². The molecule has 132 valence electrons. The molecule has 0 aliphatic rings. The van der Waals surface area contributed by atoms with E-state index >= 15 is 0 Å². The Labute approximate surface area is 155 Å². The van der Waals surface area contributed by atoms with Gasteiger partial charge in [0.25, 0.3) is 5.91 Å². The summed E-state index contributed by atoms with van der Waals surface area (Å²) in [5, 5.41) is 5.19. The van der Waals surface area contributed by atoms with Crippen LogP contribution in [0.15, 0.2) is 84.9 Å². The molecule has 0 aliphatic carbocycles. The van der Waals surface area contributed by atoms with Gasteiger partial charge in [-0.25, -0.2) is 0 Å². The molecule has 3 N–H and O–H groups in total. The molecule has 0 aromatic heterocycles. The van der Waals surface area contributed by atoms with Gasteiger partial charge in [-0.15, -0.1) is 0 Å². The summed E-state index contributed by atoms with van der Waals surface area (Å²) in [5.41, 5.74) is 4.19. The van der Waals surface area contributed by atoms with Gasteiger partial charge in [0.2, 0.25) is 0 Å². The van der Waals surface area contributed by atoms with E-state index in [4.69, 9.17) is 0 Å². The largest absolute Gasteiger partial charge is 0.330 e. The van der Waals surface area contributed by atoms with Crippen LogP contribution in [0, 0.1) is 0 Å². The van der Waals surface area contributed by atoms with Crippen molar-refractivity contribution in [3.05, 3.63) is 90.5 Å². The summed E-state index contributed by atoms with van der Waals surface area (Å²) in [7, 11) is 0. The van der Waals surface area contributed by atoms with Gasteiger partial charge in [-0.1, -0.05) is 78.9 Å². The lowest BCUT2D eigenvalue weighted by molar-refractivity contribution is -0.709. The Bertz CT molecular complexity index is 846. The maximum absolute atomic E-state index is 12.7. The summed E-state index contributed by atoms with van der Waals surface area (Å²) in [6.45, 7) is 4.07. The highest BCUT2D eigenvalue weighted by Gasteiger charge is 2.21. The number of nitrogens with one attached hydrogen (secondary N) is 1. The number of benzene rings is 3. The number of quaternary nitrogens is 1. The fourth-order valence-electron chi connectivity index (χ4n) is 3.10. The minimum absolute atomic E-state index is 0.0103. The second-order valence-corrected chi connectivity index (χ2v) is 6.58. The third-order valence-corrected chi connectivity index (χ3v) is 4.59. The SMILES string of the molecule is C[C@H]([NH2+][C@H](C)c1ccccc1)C(=O)Nc1ccccc1-c1ccccc1. The van der Waals surface area contributed by atoms with Crippen LogP contribution in [0.2, 0.25) is 0 Å². The highest BCUT2D eigenvalue weighted by Crippen LogP contribution is 2.27. The number of para-hydroxylation sites is 1. The second-order valence-electron chi connectivity index (χ2n) is 6.58. The first-order valence-corrected chi connectivity index (χ1v) is 9.00. The van der Waals surface area contributed by atoms with E-state index in [0.29, 0.717) is 0 Å². The molecule has 0 radical (unpaired) electrons. The molecule has 3 heteroatoms. The smallest absolute Gasteiger partial charge is 0.282 e. The number of carbonyl (C=O) groups excluding carboxylic acids is 1. The van der Waals surface area contributed by atoms with Crippen molar-refractivity contribution >= 4 is 11.6 Å². The van der Waals surface area contributed by atoms with E-state index in [0.717, 1.165) is 16.8 Å². The molecular weight excluding hydrogens is 320 g/mol. The summed E-state index contributed by atoms with van der Waals surface area (Å²) < 4.78 is 0. The van der Waals surface area contributed by atoms with Crippen molar-refractivity contribution < 1.29 is 10.1 Å². The van der Waals surface area contributed by atoms with Crippen molar-refractivity contribution in [3.63, 3.8) is 0 Å². The highest BCUT2D eigenvalue weighted by molar-refractivity contribution is 5.97. The number of rotatable bonds is 6. The van der Waals surface area contributed by atoms with Gasteiger partial charge in [0.05, 0.1) is 0 Å². The fourth-order valence-corrected chi connectivity index (χ4v) is 3.10. The first kappa shape index (κ1) is 17.9. The first-order valence-electron chi connectivity index (χ1n) is 9.00. The normalized spacial score (nSPS) is 13.0. The minimum Gasteiger partial charge on any atom is -0.330 e. The number of amides is 1. The zero-order valence-electron chi connectivity index (χ0n) is 15.2. The summed E-state index contributed by atoms with van der Waals surface area (Å²) in [4.78, 5) is 12.7. The molecule has 0 spiro atoms. The van der Waals surface area contributed by atoms with Gasteiger partial charge >= 0.3 is 0 Å². The Kier molecular flexibility index (Phi) is 5.82. The van der Waals surface area contributed by atoms with E-state index in [2.05, 4.69) is 41.8 Å². The summed E-state index contributed by atoms with van der Waals surface area (Å²) in [6, 6.07) is 28.3. The van der Waals surface area contributed by atoms with Gasteiger partial charge in [-0.3, -0.25) is 4.79 Å². The van der Waals surface area contributed by atoms with Crippen molar-refractivity contribution in [1.29, 1.82) is 0 Å². The van der Waals surface area contributed by atoms with Gasteiger partial charge < -0.3 is 10.6 Å². The van der Waals surface area contributed by atoms with Crippen LogP contribution in [0.1, 0.15) is 25.5 Å². The van der Waals surface area contributed by atoms with E-state index < -0.39 is 0 Å². The summed E-state index contributed by atoms with van der Waals surface area (Å²) >= 11 is 0. The molecule has 0 fully saturated rings. The van der Waals surface area contributed by atoms with E-state index in [1.54, 1.807) is 0 Å². The number of anilines is 1. The van der Waals surface area contributed by atoms with Crippen molar-refractivity contribution in [2.24, 2.45) is 0 Å². The summed E-state index contributed by atoms with van der Waals surface area (Å²) in [5.74, 6) is 0.0103. The van der Waals surface area contributed by atoms with E-state index in [-0.39, 0.29) is 18.0 Å². The molecule has 0 aliphatic heterocycles. The molecule has 3 nitrogen and oxygen atoms in total. The Balaban J connectivity index is 1.70. The number of nitrogens with two attached hydrogens (primary N) is 1. The monoisotopic (exact) mass is 345 g/mol. The molecule has 2 atom stereocenters. The molecule has 3 aromatic carbocycles. The van der Waals surface area contributed by atoms with Crippen LogP contribution in [0.25, 0.3) is 11.1 Å². The topological polar surface area (TPSA) is 45.7 Å². The average molecular weight is 345 g/mol. The molecule has 26 heavy (non-hydrogen) atoms. The van der Waals surface area contributed by atoms with Crippen LogP contribution in [0.3, 0.4) is 0 Å². The molecule has 0 saturated heterocycles. The van der Waals surface area contributed by atoms with Crippen LogP contribution in [0.5, 0.6) is 0 Å². The second kappa shape index (κ2) is 8.45. The van der Waals surface area contributed by atoms with Crippen LogP contribution in [0.4, 0.5) is 5.69 Å². The standard InChI is InChI=1S/C23H24N2O/c1-17(19-11-5-3-6-12-19)24-18(2)23(26)25-22-16-10-9-15-21(22)20-13-7-4-8-14-20/h3-18,24H,1-2H3,(H,25,26)/p+1/t17-,18+/m1/s1. The quantitative estimate of drug-likeness (QED) is 0.697. The fraction of sp³-hybridized carbons (Fsp3) is 0.174. The molecular formula is C23H25N2O+. The third-order valence-electron chi connectivity index (χ3n) is 4.59. The Hall–Kier alpha value is -2.91. The van der Waals surface area contributed by atoms with Crippen LogP contribution >= 0.6 is 0 Å². The maximum Gasteiger partial charge on any atom is 0.282 e. The van der Waals surface area contributed by atoms with Crippen LogP contribution < -0.4 is 10.6 Å². The zero-order valence-corrected chi connectivity index (χ0v) is 15.2. The van der Waals surface area contributed by atoms with Crippen molar-refractivity contribution in [2.45, 2.75) is 25.9 Å². The van der Waals surface area contributed by atoms with Gasteiger partial charge in [0.15, 0.2) is 6.04 Å². The van der Waals surface area contributed by atoms with Gasteiger partial charge in [-0.2, -0.15) is 0 Å². The Morgan fingerprint density at radius 1 is 0.808 bits per heavy atom. The maximum atomic E-state index is 12.7. The van der Waals surface area contributed by atoms with Crippen LogP contribution in [-0.4, -0.2) is 11.9 Å². The summed E-state index contributed by atoms with van der Waals surface area (Å²) in [6.07, 6.45) is 0. The molecule has 0 saturated carbocycles. The first-order chi connectivity index (χ1) is 12.6. The zero-order chi connectivity index (χ0) is 18.4. The Morgan fingerprint density at radius 2 is 1.38 bits per heavy atom. The van der Waals surface area contributed by atoms with E-state index in [1.165, 1.54) is 5.56 Å². The lowest BCUT2D eigenvalue weighted by Gasteiger charge is -2.18. The number of hydrogen-bond donors (Lipinski definition) is 2. The van der Waals surface area contributed by atoms with Gasteiger partial charge in [0.1, 0.15) is 6.04 Å². The predicted octanol–water partition coefficient (Wildman–Crippen LogP) is 4.01. The molecule has 0 heterocycles. The number of hydrogen-bond acceptors (Lipinski definition) is 1. The van der Waals surface area contributed by atoms with Crippen LogP contribution in [-0.2, 0) is 4.79 Å². The van der Waals surface area contributed by atoms with E-state index in [9.17, 15) is 4.79 Å². The van der Waals surface area contributed by atoms with Gasteiger partial charge in [0, 0.05) is 16.8 Å². The molecule has 3 rings (SSSR count). The number of carbonyl (C=O) groups is 1. The molecule has 0 bridgehead atoms. The molecule has 0 unspecified atom stereocenters. The van der Waals surface area contributed by atoms with Crippen molar-refractivity contribution in [2.75, 3.05) is 5.32 Å². The van der Waals surface area contributed by atoms with Gasteiger partial charge in [-0.05, 0) is 25.5 Å². The molecule has 3 aromatic rings. The average Bonchev–Trinajstić information content (AvgIpc) is 2.69. The lowest BCUT2D eigenvalue weighted by atomic mass is 10.0. The molecule has 1 amide bonds. The minimum atomic E-state index is -0.186. The Morgan fingerprint density at radius 3 is 2.08 bits per heavy atom. The lowest BCUT2D eigenvalue weighted by Crippen LogP contribution is -2.91. The highest BCUT2D eigenvalue weighted by atomic mass is 16.2. The third kappa shape index (κ3) is 4.38. The predicted molar refractivity (Wildman–Crippen MR) is 107 cm³/mol. The van der Waals surface area contributed by atoms with Crippen molar-refractivity contribution in [1.82, 2.24) is 0 Å². The van der Waals surface area contributed by atoms with Crippen molar-refractivity contribution in [3.8, 4) is 11.1 Å².